The van der Waals surface area contributed by atoms with Gasteiger partial charge in [-0.15, -0.1) is 0 Å². The van der Waals surface area contributed by atoms with Crippen LogP contribution in [0.2, 0.25) is 10.0 Å². The smallest absolute Gasteiger partial charge is 0.310 e. The van der Waals surface area contributed by atoms with Crippen molar-refractivity contribution in [2.24, 2.45) is 0 Å². The topological polar surface area (TPSA) is 26.3 Å². The zero-order chi connectivity index (χ0) is 10.7. The van der Waals surface area contributed by atoms with Crippen LogP contribution in [0.3, 0.4) is 0 Å². The molecule has 0 bridgehead atoms. The predicted molar refractivity (Wildman–Crippen MR) is 59.9 cm³/mol. The summed E-state index contributed by atoms with van der Waals surface area (Å²) in [5.74, 6) is -0.346. The molecule has 1 rings (SSSR count). The van der Waals surface area contributed by atoms with Crippen LogP contribution in [-0.4, -0.2) is 13.1 Å². The molecule has 0 aliphatic rings. The van der Waals surface area contributed by atoms with Crippen molar-refractivity contribution in [1.82, 2.24) is 0 Å². The molecule has 1 aromatic rings. The Morgan fingerprint density at radius 1 is 1.50 bits per heavy atom. The quantitative estimate of drug-likeness (QED) is 0.617. The molecule has 0 N–H and O–H groups in total. The molecule has 0 saturated carbocycles. The first-order valence-electron chi connectivity index (χ1n) is 3.75. The van der Waals surface area contributed by atoms with Gasteiger partial charge < -0.3 is 4.74 Å². The SMILES string of the molecule is COC(=O)Cc1cc(Cl)cc(Br)c1Cl. The lowest BCUT2D eigenvalue weighted by atomic mass is 10.1. The van der Waals surface area contributed by atoms with E-state index in [1.54, 1.807) is 12.1 Å². The van der Waals surface area contributed by atoms with Crippen molar-refractivity contribution in [1.29, 1.82) is 0 Å². The van der Waals surface area contributed by atoms with Crippen LogP contribution in [0.25, 0.3) is 0 Å². The van der Waals surface area contributed by atoms with E-state index in [4.69, 9.17) is 23.2 Å². The maximum Gasteiger partial charge on any atom is 0.310 e. The van der Waals surface area contributed by atoms with E-state index in [-0.39, 0.29) is 12.4 Å². The van der Waals surface area contributed by atoms with Gasteiger partial charge in [-0.1, -0.05) is 23.2 Å². The van der Waals surface area contributed by atoms with Crippen LogP contribution >= 0.6 is 39.1 Å². The minimum Gasteiger partial charge on any atom is -0.469 e. The van der Waals surface area contributed by atoms with Crippen LogP contribution in [0.4, 0.5) is 0 Å². The third kappa shape index (κ3) is 2.87. The van der Waals surface area contributed by atoms with E-state index in [2.05, 4.69) is 20.7 Å². The molecule has 0 amide bonds. The lowest BCUT2D eigenvalue weighted by molar-refractivity contribution is -0.139. The van der Waals surface area contributed by atoms with Gasteiger partial charge >= 0.3 is 5.97 Å². The summed E-state index contributed by atoms with van der Waals surface area (Å²) in [6.07, 6.45) is 0.120. The standard InChI is InChI=1S/C9H7BrCl2O2/c1-14-8(13)3-5-2-6(11)4-7(10)9(5)12/h2,4H,3H2,1H3. The van der Waals surface area contributed by atoms with Crippen molar-refractivity contribution < 1.29 is 9.53 Å². The van der Waals surface area contributed by atoms with Gasteiger partial charge in [0.15, 0.2) is 0 Å². The highest BCUT2D eigenvalue weighted by atomic mass is 79.9. The average Bonchev–Trinajstić information content (AvgIpc) is 2.13. The van der Waals surface area contributed by atoms with E-state index in [0.29, 0.717) is 20.1 Å². The Hall–Kier alpha value is -0.250. The van der Waals surface area contributed by atoms with Gasteiger partial charge in [-0.3, -0.25) is 4.79 Å². The van der Waals surface area contributed by atoms with Gasteiger partial charge in [0.1, 0.15) is 0 Å². The highest BCUT2D eigenvalue weighted by Gasteiger charge is 2.10. The van der Waals surface area contributed by atoms with Crippen molar-refractivity contribution >= 4 is 45.1 Å². The molecule has 14 heavy (non-hydrogen) atoms. The number of hydrogen-bond donors (Lipinski definition) is 0. The van der Waals surface area contributed by atoms with Gasteiger partial charge in [0.2, 0.25) is 0 Å². The lowest BCUT2D eigenvalue weighted by Crippen LogP contribution is -2.05. The normalized spacial score (nSPS) is 10.0. The van der Waals surface area contributed by atoms with Gasteiger partial charge in [-0.25, -0.2) is 0 Å². The molecule has 0 spiro atoms. The van der Waals surface area contributed by atoms with E-state index in [1.807, 2.05) is 0 Å². The van der Waals surface area contributed by atoms with Crippen molar-refractivity contribution in [3.8, 4) is 0 Å². The summed E-state index contributed by atoms with van der Waals surface area (Å²) in [6.45, 7) is 0. The molecule has 0 aromatic heterocycles. The summed E-state index contributed by atoms with van der Waals surface area (Å²) < 4.78 is 5.20. The average molecular weight is 298 g/mol. The minimum atomic E-state index is -0.346. The third-order valence-corrected chi connectivity index (χ3v) is 3.15. The summed E-state index contributed by atoms with van der Waals surface area (Å²) in [5, 5.41) is 1.01. The number of hydrogen-bond acceptors (Lipinski definition) is 2. The lowest BCUT2D eigenvalue weighted by Gasteiger charge is -2.05. The molecule has 0 heterocycles. The summed E-state index contributed by atoms with van der Waals surface area (Å²) in [4.78, 5) is 11.0. The van der Waals surface area contributed by atoms with E-state index >= 15 is 0 Å². The van der Waals surface area contributed by atoms with E-state index in [9.17, 15) is 4.79 Å². The van der Waals surface area contributed by atoms with Gasteiger partial charge in [0, 0.05) is 9.50 Å². The maximum absolute atomic E-state index is 11.0. The monoisotopic (exact) mass is 296 g/mol. The summed E-state index contributed by atoms with van der Waals surface area (Å²) in [7, 11) is 1.33. The Kier molecular flexibility index (Phi) is 4.23. The second-order valence-corrected chi connectivity index (χ2v) is 4.28. The second-order valence-electron chi connectivity index (χ2n) is 2.61. The van der Waals surface area contributed by atoms with Crippen LogP contribution in [0.5, 0.6) is 0 Å². The second kappa shape index (κ2) is 5.01. The fourth-order valence-electron chi connectivity index (χ4n) is 0.966. The third-order valence-electron chi connectivity index (χ3n) is 1.63. The van der Waals surface area contributed by atoms with Gasteiger partial charge in [0.05, 0.1) is 18.6 Å². The van der Waals surface area contributed by atoms with Crippen molar-refractivity contribution in [2.45, 2.75) is 6.42 Å². The Balaban J connectivity index is 3.02. The predicted octanol–water partition coefficient (Wildman–Crippen LogP) is 3.47. The molecule has 2 nitrogen and oxygen atoms in total. The summed E-state index contributed by atoms with van der Waals surface area (Å²) in [5.41, 5.74) is 0.651. The number of carbonyl (C=O) groups is 1. The first kappa shape index (κ1) is 11.8. The zero-order valence-electron chi connectivity index (χ0n) is 7.31. The molecule has 0 aliphatic heterocycles. The van der Waals surface area contributed by atoms with Crippen LogP contribution in [0.1, 0.15) is 5.56 Å². The van der Waals surface area contributed by atoms with Crippen molar-refractivity contribution in [2.75, 3.05) is 7.11 Å². The number of ether oxygens (including phenoxy) is 1. The number of carbonyl (C=O) groups excluding carboxylic acids is 1. The zero-order valence-corrected chi connectivity index (χ0v) is 10.4. The van der Waals surface area contributed by atoms with Gasteiger partial charge in [-0.2, -0.15) is 0 Å². The molecule has 0 fully saturated rings. The first-order valence-corrected chi connectivity index (χ1v) is 5.29. The Bertz CT molecular complexity index is 366. The molecule has 76 valence electrons. The van der Waals surface area contributed by atoms with Crippen LogP contribution in [0, 0.1) is 0 Å². The van der Waals surface area contributed by atoms with Crippen LogP contribution < -0.4 is 0 Å². The van der Waals surface area contributed by atoms with E-state index in [1.165, 1.54) is 7.11 Å². The number of rotatable bonds is 2. The minimum absolute atomic E-state index is 0.120. The van der Waals surface area contributed by atoms with Gasteiger partial charge in [0.25, 0.3) is 0 Å². The van der Waals surface area contributed by atoms with Crippen molar-refractivity contribution in [3.63, 3.8) is 0 Å². The summed E-state index contributed by atoms with van der Waals surface area (Å²) >= 11 is 15.0. The molecular formula is C9H7BrCl2O2. The van der Waals surface area contributed by atoms with Crippen LogP contribution in [0.15, 0.2) is 16.6 Å². The Morgan fingerprint density at radius 2 is 2.14 bits per heavy atom. The van der Waals surface area contributed by atoms with Gasteiger partial charge in [-0.05, 0) is 33.6 Å². The maximum atomic E-state index is 11.0. The first-order chi connectivity index (χ1) is 6.54. The number of halogens is 3. The summed E-state index contributed by atoms with van der Waals surface area (Å²) in [6, 6.07) is 3.32. The molecule has 0 unspecified atom stereocenters. The van der Waals surface area contributed by atoms with Crippen LogP contribution in [-0.2, 0) is 16.0 Å². The van der Waals surface area contributed by atoms with E-state index in [0.717, 1.165) is 0 Å². The molecule has 0 atom stereocenters. The molecule has 0 aliphatic carbocycles. The fraction of sp³-hybridized carbons (Fsp3) is 0.222. The molecule has 0 saturated heterocycles. The van der Waals surface area contributed by atoms with E-state index < -0.39 is 0 Å². The number of esters is 1. The Morgan fingerprint density at radius 3 is 2.71 bits per heavy atom. The largest absolute Gasteiger partial charge is 0.469 e. The molecular weight excluding hydrogens is 291 g/mol. The molecule has 5 heteroatoms. The number of benzene rings is 1. The Labute approximate surface area is 100 Å². The molecule has 1 aromatic carbocycles. The highest BCUT2D eigenvalue weighted by Crippen LogP contribution is 2.30. The fourth-order valence-corrected chi connectivity index (χ4v) is 2.02. The molecule has 0 radical (unpaired) electrons. The highest BCUT2D eigenvalue weighted by molar-refractivity contribution is 9.10. The number of methoxy groups -OCH3 is 1. The van der Waals surface area contributed by atoms with Crippen molar-refractivity contribution in [3.05, 3.63) is 32.2 Å².